The Bertz CT molecular complexity index is 1140. The summed E-state index contributed by atoms with van der Waals surface area (Å²) >= 11 is 0. The number of amides is 2. The number of carbonyl (C=O) groups is 2. The highest BCUT2D eigenvalue weighted by molar-refractivity contribution is 5.94. The van der Waals surface area contributed by atoms with E-state index in [4.69, 9.17) is 0 Å². The van der Waals surface area contributed by atoms with Crippen LogP contribution in [0.15, 0.2) is 54.9 Å². The number of nitrogens with zero attached hydrogens (tertiary/aromatic N) is 3. The summed E-state index contributed by atoms with van der Waals surface area (Å²) in [4.78, 5) is 32.3. The summed E-state index contributed by atoms with van der Waals surface area (Å²) in [6.07, 6.45) is 7.54. The molecule has 2 aliphatic rings. The molecule has 2 amide bonds. The van der Waals surface area contributed by atoms with Crippen LogP contribution < -0.4 is 5.32 Å². The van der Waals surface area contributed by atoms with E-state index in [0.717, 1.165) is 42.5 Å². The number of aromatic amines is 1. The second-order valence-corrected chi connectivity index (χ2v) is 9.25. The molecule has 0 bridgehead atoms. The van der Waals surface area contributed by atoms with Crippen LogP contribution in [0.4, 0.5) is 0 Å². The summed E-state index contributed by atoms with van der Waals surface area (Å²) in [5, 5.41) is 10.3. The third-order valence-corrected chi connectivity index (χ3v) is 7.26. The number of rotatable bonds is 6. The predicted octanol–water partition coefficient (Wildman–Crippen LogP) is 3.59. The van der Waals surface area contributed by atoms with Gasteiger partial charge in [-0.05, 0) is 42.5 Å². The molecule has 1 aliphatic carbocycles. The van der Waals surface area contributed by atoms with E-state index in [9.17, 15) is 9.59 Å². The SMILES string of the molecule is CCc1ccc(-c2cc(C(=O)N3CC(C(=O)NCc4cccnc4)C4(CCC4)C3)[nH]n2)cc1. The minimum absolute atomic E-state index is 0.0233. The van der Waals surface area contributed by atoms with Gasteiger partial charge in [0, 0.05) is 43.0 Å². The van der Waals surface area contributed by atoms with Crippen molar-refractivity contribution in [2.75, 3.05) is 13.1 Å². The van der Waals surface area contributed by atoms with Gasteiger partial charge in [0.25, 0.3) is 5.91 Å². The van der Waals surface area contributed by atoms with Crippen LogP contribution >= 0.6 is 0 Å². The normalized spacial score (nSPS) is 18.8. The fraction of sp³-hybridized carbons (Fsp3) is 0.385. The van der Waals surface area contributed by atoms with Crippen molar-refractivity contribution >= 4 is 11.8 Å². The van der Waals surface area contributed by atoms with Crippen molar-refractivity contribution < 1.29 is 9.59 Å². The Hall–Kier alpha value is -3.48. The van der Waals surface area contributed by atoms with Crippen molar-refractivity contribution in [3.8, 4) is 11.3 Å². The van der Waals surface area contributed by atoms with Crippen LogP contribution in [0.25, 0.3) is 11.3 Å². The fourth-order valence-electron chi connectivity index (χ4n) is 5.10. The Morgan fingerprint density at radius 2 is 2.00 bits per heavy atom. The van der Waals surface area contributed by atoms with E-state index in [0.29, 0.717) is 25.3 Å². The molecule has 33 heavy (non-hydrogen) atoms. The molecule has 3 heterocycles. The molecule has 2 N–H and O–H groups in total. The molecule has 1 saturated carbocycles. The zero-order valence-corrected chi connectivity index (χ0v) is 18.9. The van der Waals surface area contributed by atoms with Crippen LogP contribution in [0.1, 0.15) is 47.8 Å². The lowest BCUT2D eigenvalue weighted by molar-refractivity contribution is -0.129. The van der Waals surface area contributed by atoms with Gasteiger partial charge in [-0.15, -0.1) is 0 Å². The van der Waals surface area contributed by atoms with Crippen molar-refractivity contribution in [2.45, 2.75) is 39.2 Å². The molecule has 7 nitrogen and oxygen atoms in total. The molecule has 5 rings (SSSR count). The quantitative estimate of drug-likeness (QED) is 0.609. The lowest BCUT2D eigenvalue weighted by atomic mass is 9.62. The number of H-pyrrole nitrogens is 1. The number of pyridine rings is 1. The first kappa shape index (κ1) is 21.4. The lowest BCUT2D eigenvalue weighted by Gasteiger charge is -2.41. The average molecular weight is 444 g/mol. The van der Waals surface area contributed by atoms with E-state index in [1.54, 1.807) is 12.4 Å². The van der Waals surface area contributed by atoms with Gasteiger partial charge >= 0.3 is 0 Å². The summed E-state index contributed by atoms with van der Waals surface area (Å²) < 4.78 is 0. The molecule has 0 radical (unpaired) electrons. The van der Waals surface area contributed by atoms with Gasteiger partial charge in [-0.1, -0.05) is 43.7 Å². The number of aromatic nitrogens is 3. The third-order valence-electron chi connectivity index (χ3n) is 7.26. The Labute approximate surface area is 193 Å². The Morgan fingerprint density at radius 1 is 1.18 bits per heavy atom. The fourth-order valence-corrected chi connectivity index (χ4v) is 5.10. The van der Waals surface area contributed by atoms with Crippen molar-refractivity contribution in [2.24, 2.45) is 11.3 Å². The van der Waals surface area contributed by atoms with Gasteiger partial charge in [0.05, 0.1) is 11.6 Å². The van der Waals surface area contributed by atoms with Crippen LogP contribution in [0, 0.1) is 11.3 Å². The molecule has 1 spiro atoms. The maximum atomic E-state index is 13.3. The number of nitrogens with one attached hydrogen (secondary N) is 2. The van der Waals surface area contributed by atoms with Gasteiger partial charge in [0.2, 0.25) is 5.91 Å². The minimum atomic E-state index is -0.184. The summed E-state index contributed by atoms with van der Waals surface area (Å²) in [6, 6.07) is 13.9. The molecule has 2 aromatic heterocycles. The highest BCUT2D eigenvalue weighted by Gasteiger charge is 2.54. The van der Waals surface area contributed by atoms with Crippen LogP contribution in [-0.2, 0) is 17.8 Å². The molecular formula is C26H29N5O2. The molecular weight excluding hydrogens is 414 g/mol. The van der Waals surface area contributed by atoms with E-state index in [2.05, 4.69) is 39.6 Å². The maximum Gasteiger partial charge on any atom is 0.271 e. The maximum absolute atomic E-state index is 13.3. The van der Waals surface area contributed by atoms with Crippen molar-refractivity contribution in [1.29, 1.82) is 0 Å². The van der Waals surface area contributed by atoms with Crippen LogP contribution in [-0.4, -0.2) is 45.0 Å². The second kappa shape index (κ2) is 8.81. The van der Waals surface area contributed by atoms with Crippen LogP contribution in [0.3, 0.4) is 0 Å². The van der Waals surface area contributed by atoms with Crippen molar-refractivity contribution in [1.82, 2.24) is 25.4 Å². The number of hydrogen-bond donors (Lipinski definition) is 2. The molecule has 7 heteroatoms. The van der Waals surface area contributed by atoms with E-state index >= 15 is 0 Å². The highest BCUT2D eigenvalue weighted by atomic mass is 16.2. The molecule has 1 unspecified atom stereocenters. The molecule has 170 valence electrons. The largest absolute Gasteiger partial charge is 0.352 e. The Kier molecular flexibility index (Phi) is 5.70. The van der Waals surface area contributed by atoms with E-state index in [-0.39, 0.29) is 23.1 Å². The highest BCUT2D eigenvalue weighted by Crippen LogP contribution is 2.52. The van der Waals surface area contributed by atoms with Crippen molar-refractivity contribution in [3.05, 3.63) is 71.7 Å². The first-order valence-electron chi connectivity index (χ1n) is 11.7. The van der Waals surface area contributed by atoms with Gasteiger partial charge in [0.1, 0.15) is 5.69 Å². The lowest BCUT2D eigenvalue weighted by Crippen LogP contribution is -2.45. The second-order valence-electron chi connectivity index (χ2n) is 9.25. The molecule has 2 fully saturated rings. The molecule has 3 aromatic rings. The number of aryl methyl sites for hydroxylation is 1. The molecule has 1 aliphatic heterocycles. The number of benzene rings is 1. The number of carbonyl (C=O) groups excluding carboxylic acids is 2. The van der Waals surface area contributed by atoms with Gasteiger partial charge in [-0.2, -0.15) is 5.10 Å². The Balaban J connectivity index is 1.27. The van der Waals surface area contributed by atoms with Gasteiger partial charge in [0.15, 0.2) is 0 Å². The number of hydrogen-bond acceptors (Lipinski definition) is 4. The summed E-state index contributed by atoms with van der Waals surface area (Å²) in [6.45, 7) is 3.64. The van der Waals surface area contributed by atoms with E-state index in [1.807, 2.05) is 35.2 Å². The first-order valence-corrected chi connectivity index (χ1v) is 11.7. The van der Waals surface area contributed by atoms with E-state index < -0.39 is 0 Å². The number of likely N-dealkylation sites (tertiary alicyclic amines) is 1. The van der Waals surface area contributed by atoms with Gasteiger partial charge in [-0.3, -0.25) is 19.7 Å². The Morgan fingerprint density at radius 3 is 2.67 bits per heavy atom. The summed E-state index contributed by atoms with van der Waals surface area (Å²) in [5.41, 5.74) is 4.33. The van der Waals surface area contributed by atoms with Crippen LogP contribution in [0.5, 0.6) is 0 Å². The molecule has 1 saturated heterocycles. The minimum Gasteiger partial charge on any atom is -0.352 e. The average Bonchev–Trinajstić information content (AvgIpc) is 3.49. The molecule has 1 atom stereocenters. The molecule has 1 aromatic carbocycles. The zero-order chi connectivity index (χ0) is 22.8. The van der Waals surface area contributed by atoms with Gasteiger partial charge in [-0.25, -0.2) is 0 Å². The topological polar surface area (TPSA) is 91.0 Å². The summed E-state index contributed by atoms with van der Waals surface area (Å²) in [5.74, 6) is -0.251. The first-order chi connectivity index (χ1) is 16.1. The standard InChI is InChI=1S/C26H29N5O2/c1-2-18-6-8-20(9-7-18)22-13-23(30-29-22)25(33)31-16-21(26(17-31)10-4-11-26)24(32)28-15-19-5-3-12-27-14-19/h3,5-9,12-14,21H,2,4,10-11,15-17H2,1H3,(H,28,32)(H,29,30). The smallest absolute Gasteiger partial charge is 0.271 e. The predicted molar refractivity (Wildman–Crippen MR) is 125 cm³/mol. The third kappa shape index (κ3) is 4.15. The zero-order valence-electron chi connectivity index (χ0n) is 18.9. The van der Waals surface area contributed by atoms with Gasteiger partial charge < -0.3 is 10.2 Å². The van der Waals surface area contributed by atoms with E-state index in [1.165, 1.54) is 5.56 Å². The summed E-state index contributed by atoms with van der Waals surface area (Å²) in [7, 11) is 0. The van der Waals surface area contributed by atoms with Crippen LogP contribution in [0.2, 0.25) is 0 Å². The van der Waals surface area contributed by atoms with Crippen molar-refractivity contribution in [3.63, 3.8) is 0 Å². The monoisotopic (exact) mass is 443 g/mol.